The van der Waals surface area contributed by atoms with Crippen LogP contribution in [0.3, 0.4) is 0 Å². The standard InChI is InChI=1S/C16H17FO/c1-2-3-9-14-15(17)11-13(16(14)18)10-12-7-5-4-6-8-12/h4-8,10H,2-3,9,11H2,1H3/b13-10+. The summed E-state index contributed by atoms with van der Waals surface area (Å²) in [7, 11) is 0. The number of rotatable bonds is 4. The summed E-state index contributed by atoms with van der Waals surface area (Å²) in [5.41, 5.74) is 1.91. The van der Waals surface area contributed by atoms with Gasteiger partial charge >= 0.3 is 0 Å². The second kappa shape index (κ2) is 5.76. The summed E-state index contributed by atoms with van der Waals surface area (Å²) < 4.78 is 13.7. The Morgan fingerprint density at radius 2 is 2.00 bits per heavy atom. The summed E-state index contributed by atoms with van der Waals surface area (Å²) in [4.78, 5) is 12.1. The number of carbonyl (C=O) groups excluding carboxylic acids is 1. The van der Waals surface area contributed by atoms with E-state index in [9.17, 15) is 9.18 Å². The highest BCUT2D eigenvalue weighted by atomic mass is 19.1. The molecule has 1 nitrogen and oxygen atoms in total. The molecule has 0 N–H and O–H groups in total. The molecule has 0 unspecified atom stereocenters. The molecule has 2 heteroatoms. The van der Waals surface area contributed by atoms with Crippen LogP contribution in [0, 0.1) is 0 Å². The van der Waals surface area contributed by atoms with Crippen LogP contribution in [-0.4, -0.2) is 5.78 Å². The first-order valence-corrected chi connectivity index (χ1v) is 6.40. The summed E-state index contributed by atoms with van der Waals surface area (Å²) in [5, 5.41) is 0. The number of halogens is 1. The smallest absolute Gasteiger partial charge is 0.188 e. The third kappa shape index (κ3) is 2.76. The van der Waals surface area contributed by atoms with E-state index in [0.29, 0.717) is 17.6 Å². The van der Waals surface area contributed by atoms with Gasteiger partial charge in [-0.25, -0.2) is 4.39 Å². The van der Waals surface area contributed by atoms with Gasteiger partial charge < -0.3 is 0 Å². The average molecular weight is 244 g/mol. The van der Waals surface area contributed by atoms with Crippen molar-refractivity contribution in [3.05, 3.63) is 52.9 Å². The van der Waals surface area contributed by atoms with Crippen LogP contribution < -0.4 is 0 Å². The minimum absolute atomic E-state index is 0.107. The van der Waals surface area contributed by atoms with Crippen molar-refractivity contribution in [3.63, 3.8) is 0 Å². The molecule has 0 heterocycles. The van der Waals surface area contributed by atoms with Crippen molar-refractivity contribution >= 4 is 11.9 Å². The van der Waals surface area contributed by atoms with Crippen molar-refractivity contribution in [1.82, 2.24) is 0 Å². The van der Waals surface area contributed by atoms with Crippen molar-refractivity contribution in [2.75, 3.05) is 0 Å². The Hall–Kier alpha value is -1.70. The van der Waals surface area contributed by atoms with Gasteiger partial charge in [0, 0.05) is 17.6 Å². The van der Waals surface area contributed by atoms with E-state index in [1.807, 2.05) is 37.3 Å². The molecule has 2 rings (SSSR count). The Morgan fingerprint density at radius 3 is 2.67 bits per heavy atom. The number of ketones is 1. The molecule has 0 aromatic heterocycles. The topological polar surface area (TPSA) is 17.1 Å². The van der Waals surface area contributed by atoms with Gasteiger partial charge in [0.05, 0.1) is 0 Å². The van der Waals surface area contributed by atoms with E-state index in [2.05, 4.69) is 0 Å². The summed E-state index contributed by atoms with van der Waals surface area (Å²) in [6.45, 7) is 2.04. The molecule has 0 saturated heterocycles. The third-order valence-corrected chi connectivity index (χ3v) is 3.16. The van der Waals surface area contributed by atoms with Crippen LogP contribution in [-0.2, 0) is 4.79 Å². The minimum Gasteiger partial charge on any atom is -0.289 e. The van der Waals surface area contributed by atoms with Crippen LogP contribution in [0.25, 0.3) is 6.08 Å². The number of Topliss-reactive ketones (excluding diaryl/α,β-unsaturated/α-hetero) is 1. The monoisotopic (exact) mass is 244 g/mol. The van der Waals surface area contributed by atoms with E-state index < -0.39 is 0 Å². The highest BCUT2D eigenvalue weighted by molar-refractivity contribution is 6.14. The predicted octanol–water partition coefficient (Wildman–Crippen LogP) is 4.46. The second-order valence-corrected chi connectivity index (χ2v) is 4.57. The molecular weight excluding hydrogens is 227 g/mol. The fourth-order valence-electron chi connectivity index (χ4n) is 2.14. The lowest BCUT2D eigenvalue weighted by atomic mass is 10.0. The average Bonchev–Trinajstić information content (AvgIpc) is 2.64. The van der Waals surface area contributed by atoms with Gasteiger partial charge in [0.1, 0.15) is 5.83 Å². The lowest BCUT2D eigenvalue weighted by Crippen LogP contribution is -1.99. The van der Waals surface area contributed by atoms with Crippen molar-refractivity contribution < 1.29 is 9.18 Å². The van der Waals surface area contributed by atoms with E-state index in [-0.39, 0.29) is 18.0 Å². The number of allylic oxidation sites excluding steroid dienone is 3. The lowest BCUT2D eigenvalue weighted by Gasteiger charge is -1.99. The highest BCUT2D eigenvalue weighted by Gasteiger charge is 2.27. The number of hydrogen-bond acceptors (Lipinski definition) is 1. The SMILES string of the molecule is CCCCC1=C(F)C/C(=C\c2ccccc2)C1=O. The Morgan fingerprint density at radius 1 is 1.28 bits per heavy atom. The molecule has 1 aromatic carbocycles. The van der Waals surface area contributed by atoms with E-state index >= 15 is 0 Å². The number of benzene rings is 1. The molecule has 0 bridgehead atoms. The largest absolute Gasteiger partial charge is 0.289 e. The zero-order valence-corrected chi connectivity index (χ0v) is 10.6. The van der Waals surface area contributed by atoms with Crippen LogP contribution in [0.1, 0.15) is 38.2 Å². The van der Waals surface area contributed by atoms with Crippen molar-refractivity contribution in [2.24, 2.45) is 0 Å². The van der Waals surface area contributed by atoms with E-state index in [4.69, 9.17) is 0 Å². The number of unbranched alkanes of at least 4 members (excludes halogenated alkanes) is 1. The molecule has 0 spiro atoms. The fraction of sp³-hybridized carbons (Fsp3) is 0.312. The normalized spacial score (nSPS) is 17.9. The van der Waals surface area contributed by atoms with Gasteiger partial charge in [-0.3, -0.25) is 4.79 Å². The maximum absolute atomic E-state index is 13.7. The van der Waals surface area contributed by atoms with Crippen LogP contribution in [0.4, 0.5) is 4.39 Å². The van der Waals surface area contributed by atoms with Gasteiger partial charge in [-0.1, -0.05) is 43.7 Å². The quantitative estimate of drug-likeness (QED) is 0.715. The van der Waals surface area contributed by atoms with Crippen LogP contribution in [0.5, 0.6) is 0 Å². The molecule has 94 valence electrons. The van der Waals surface area contributed by atoms with Gasteiger partial charge in [0.15, 0.2) is 5.78 Å². The van der Waals surface area contributed by atoms with Gasteiger partial charge in [0.2, 0.25) is 0 Å². The van der Waals surface area contributed by atoms with Crippen molar-refractivity contribution in [1.29, 1.82) is 0 Å². The maximum atomic E-state index is 13.7. The summed E-state index contributed by atoms with van der Waals surface area (Å²) >= 11 is 0. The van der Waals surface area contributed by atoms with Gasteiger partial charge in [0.25, 0.3) is 0 Å². The first-order chi connectivity index (χ1) is 8.72. The zero-order valence-electron chi connectivity index (χ0n) is 10.6. The highest BCUT2D eigenvalue weighted by Crippen LogP contribution is 2.32. The maximum Gasteiger partial charge on any atom is 0.188 e. The van der Waals surface area contributed by atoms with Crippen LogP contribution >= 0.6 is 0 Å². The molecule has 1 aromatic rings. The lowest BCUT2D eigenvalue weighted by molar-refractivity contribution is -0.112. The Bertz CT molecular complexity index is 497. The van der Waals surface area contributed by atoms with Gasteiger partial charge in [-0.2, -0.15) is 0 Å². The van der Waals surface area contributed by atoms with Gasteiger partial charge in [-0.05, 0) is 24.5 Å². The third-order valence-electron chi connectivity index (χ3n) is 3.16. The first kappa shape index (κ1) is 12.7. The molecule has 0 radical (unpaired) electrons. The second-order valence-electron chi connectivity index (χ2n) is 4.57. The van der Waals surface area contributed by atoms with E-state index in [0.717, 1.165) is 18.4 Å². The molecule has 0 saturated carbocycles. The predicted molar refractivity (Wildman–Crippen MR) is 71.7 cm³/mol. The number of hydrogen-bond donors (Lipinski definition) is 0. The molecule has 18 heavy (non-hydrogen) atoms. The first-order valence-electron chi connectivity index (χ1n) is 6.40. The fourth-order valence-corrected chi connectivity index (χ4v) is 2.14. The van der Waals surface area contributed by atoms with Gasteiger partial charge in [-0.15, -0.1) is 0 Å². The van der Waals surface area contributed by atoms with E-state index in [1.54, 1.807) is 6.08 Å². The molecular formula is C16H17FO. The Balaban J connectivity index is 2.16. The molecule has 1 aliphatic rings. The minimum atomic E-state index is -0.240. The Kier molecular flexibility index (Phi) is 4.08. The summed E-state index contributed by atoms with van der Waals surface area (Å²) in [6, 6.07) is 9.58. The summed E-state index contributed by atoms with van der Waals surface area (Å²) in [5.74, 6) is -0.347. The van der Waals surface area contributed by atoms with Crippen LogP contribution in [0.2, 0.25) is 0 Å². The molecule has 0 atom stereocenters. The van der Waals surface area contributed by atoms with Crippen LogP contribution in [0.15, 0.2) is 47.3 Å². The zero-order chi connectivity index (χ0) is 13.0. The Labute approximate surface area is 107 Å². The summed E-state index contributed by atoms with van der Waals surface area (Å²) in [6.07, 6.45) is 4.36. The number of carbonyl (C=O) groups is 1. The molecule has 0 fully saturated rings. The van der Waals surface area contributed by atoms with Crippen molar-refractivity contribution in [2.45, 2.75) is 32.6 Å². The molecule has 0 amide bonds. The van der Waals surface area contributed by atoms with E-state index in [1.165, 1.54) is 0 Å². The molecule has 1 aliphatic carbocycles. The van der Waals surface area contributed by atoms with Crippen molar-refractivity contribution in [3.8, 4) is 0 Å². The molecule has 0 aliphatic heterocycles.